The van der Waals surface area contributed by atoms with Crippen LogP contribution in [-0.4, -0.2) is 0 Å². The van der Waals surface area contributed by atoms with Crippen LogP contribution in [-0.2, 0) is 12.8 Å². The number of benzene rings is 12. The summed E-state index contributed by atoms with van der Waals surface area (Å²) < 4.78 is 15.0. The second-order valence-electron chi connectivity index (χ2n) is 26.1. The molecule has 2 aromatic heterocycles. The third kappa shape index (κ3) is 8.75. The Kier molecular flexibility index (Phi) is 13.5. The van der Waals surface area contributed by atoms with Crippen molar-refractivity contribution in [2.75, 3.05) is 9.80 Å². The summed E-state index contributed by atoms with van der Waals surface area (Å²) in [4.78, 5) is 5.16. The van der Waals surface area contributed by atoms with Gasteiger partial charge in [0.1, 0.15) is 11.2 Å². The van der Waals surface area contributed by atoms with Gasteiger partial charge in [-0.3, -0.25) is 0 Å². The molecule has 0 amide bonds. The molecule has 12 aromatic carbocycles. The molecular weight excluding hydrogens is 1070 g/mol. The van der Waals surface area contributed by atoms with E-state index in [4.69, 9.17) is 8.83 Å². The molecule has 434 valence electrons. The maximum absolute atomic E-state index is 7.48. The SMILES string of the molecule is CCc1ccccc1-c1cccc2c1oc1c(N(c3cccc(C(C)C)c3)c3cc(C4CCCC4)c4ccc5c(N(c6cccc(C(C)C)c6)c6cccc7c6oc6c(-c8ccccc8CC)cccc67)cc(C6CCCC6)c6ccc3c4c65)cccc12. The van der Waals surface area contributed by atoms with E-state index in [0.29, 0.717) is 23.7 Å². The summed E-state index contributed by atoms with van der Waals surface area (Å²) in [5.41, 5.74) is 23.3. The predicted octanol–water partition coefficient (Wildman–Crippen LogP) is 25.3. The van der Waals surface area contributed by atoms with Crippen molar-refractivity contribution in [3.05, 3.63) is 240 Å². The van der Waals surface area contributed by atoms with Gasteiger partial charge in [0, 0.05) is 54.8 Å². The molecule has 0 unspecified atom stereocenters. The number of fused-ring (bicyclic) bond motifs is 6. The van der Waals surface area contributed by atoms with Crippen molar-refractivity contribution >= 4 is 110 Å². The van der Waals surface area contributed by atoms with Gasteiger partial charge in [0.05, 0.1) is 22.7 Å². The molecule has 4 heteroatoms. The summed E-state index contributed by atoms with van der Waals surface area (Å²) in [6.45, 7) is 13.8. The lowest BCUT2D eigenvalue weighted by molar-refractivity contribution is 0.669. The Morgan fingerprint density at radius 3 is 1.11 bits per heavy atom. The minimum absolute atomic E-state index is 0.335. The number of para-hydroxylation sites is 4. The van der Waals surface area contributed by atoms with Gasteiger partial charge in [-0.15, -0.1) is 0 Å². The smallest absolute Gasteiger partial charge is 0.159 e. The van der Waals surface area contributed by atoms with Crippen LogP contribution in [0.25, 0.3) is 98.4 Å². The highest BCUT2D eigenvalue weighted by atomic mass is 16.3. The van der Waals surface area contributed by atoms with E-state index in [1.807, 2.05) is 0 Å². The fraction of sp³-hybridized carbons (Fsp3) is 0.238. The number of rotatable bonds is 14. The second kappa shape index (κ2) is 21.9. The summed E-state index contributed by atoms with van der Waals surface area (Å²) in [5, 5.41) is 12.5. The summed E-state index contributed by atoms with van der Waals surface area (Å²) >= 11 is 0. The molecular formula is C84H76N2O2. The number of anilines is 6. The lowest BCUT2D eigenvalue weighted by atomic mass is 9.82. The maximum atomic E-state index is 7.48. The molecule has 4 nitrogen and oxygen atoms in total. The van der Waals surface area contributed by atoms with Crippen LogP contribution < -0.4 is 9.80 Å². The third-order valence-corrected chi connectivity index (χ3v) is 20.4. The van der Waals surface area contributed by atoms with Crippen molar-refractivity contribution in [2.45, 2.75) is 129 Å². The zero-order valence-electron chi connectivity index (χ0n) is 51.7. The van der Waals surface area contributed by atoms with Gasteiger partial charge in [-0.1, -0.05) is 225 Å². The Morgan fingerprint density at radius 2 is 0.705 bits per heavy atom. The van der Waals surface area contributed by atoms with Crippen LogP contribution >= 0.6 is 0 Å². The molecule has 14 aromatic rings. The first-order valence-electron chi connectivity index (χ1n) is 32.9. The lowest BCUT2D eigenvalue weighted by Crippen LogP contribution is -2.14. The zero-order chi connectivity index (χ0) is 59.3. The average molecular weight is 1150 g/mol. The predicted molar refractivity (Wildman–Crippen MR) is 374 cm³/mol. The largest absolute Gasteiger partial charge is 0.453 e. The van der Waals surface area contributed by atoms with E-state index >= 15 is 0 Å². The average Bonchev–Trinajstić information content (AvgIpc) is 0.979. The molecule has 0 atom stereocenters. The van der Waals surface area contributed by atoms with Gasteiger partial charge in [0.15, 0.2) is 11.2 Å². The molecule has 88 heavy (non-hydrogen) atoms. The minimum atomic E-state index is 0.335. The monoisotopic (exact) mass is 1140 g/mol. The van der Waals surface area contributed by atoms with Gasteiger partial charge < -0.3 is 18.6 Å². The first-order valence-corrected chi connectivity index (χ1v) is 32.9. The molecule has 0 N–H and O–H groups in total. The van der Waals surface area contributed by atoms with Crippen LogP contribution in [0.1, 0.15) is 150 Å². The van der Waals surface area contributed by atoms with Gasteiger partial charge in [-0.2, -0.15) is 0 Å². The molecule has 0 aliphatic heterocycles. The first-order chi connectivity index (χ1) is 43.2. The van der Waals surface area contributed by atoms with Gasteiger partial charge >= 0.3 is 0 Å². The van der Waals surface area contributed by atoms with Gasteiger partial charge in [-0.05, 0) is 177 Å². The lowest BCUT2D eigenvalue weighted by Gasteiger charge is -2.32. The van der Waals surface area contributed by atoms with E-state index in [2.05, 4.69) is 258 Å². The Bertz CT molecular complexity index is 4690. The topological polar surface area (TPSA) is 32.8 Å². The summed E-state index contributed by atoms with van der Waals surface area (Å²) in [7, 11) is 0. The molecule has 0 saturated heterocycles. The van der Waals surface area contributed by atoms with E-state index < -0.39 is 0 Å². The van der Waals surface area contributed by atoms with Gasteiger partial charge in [-0.25, -0.2) is 0 Å². The molecule has 0 radical (unpaired) electrons. The Hall–Kier alpha value is -9.12. The van der Waals surface area contributed by atoms with E-state index in [0.717, 1.165) is 90.6 Å². The number of furan rings is 2. The number of nitrogens with zero attached hydrogens (tertiary/aromatic N) is 2. The molecule has 0 bridgehead atoms. The zero-order valence-corrected chi connectivity index (χ0v) is 51.7. The van der Waals surface area contributed by atoms with Crippen molar-refractivity contribution in [3.63, 3.8) is 0 Å². The highest BCUT2D eigenvalue weighted by molar-refractivity contribution is 6.30. The summed E-state index contributed by atoms with van der Waals surface area (Å²) in [5.74, 6) is 1.53. The second-order valence-corrected chi connectivity index (χ2v) is 26.1. The highest BCUT2D eigenvalue weighted by Gasteiger charge is 2.32. The third-order valence-electron chi connectivity index (χ3n) is 20.4. The summed E-state index contributed by atoms with van der Waals surface area (Å²) in [6.07, 6.45) is 11.6. The van der Waals surface area contributed by atoms with Crippen LogP contribution in [0.2, 0.25) is 0 Å². The van der Waals surface area contributed by atoms with Crippen LogP contribution in [0.5, 0.6) is 0 Å². The van der Waals surface area contributed by atoms with Crippen LogP contribution in [0.3, 0.4) is 0 Å². The minimum Gasteiger partial charge on any atom is -0.453 e. The fourth-order valence-electron chi connectivity index (χ4n) is 16.0. The number of hydrogen-bond donors (Lipinski definition) is 0. The number of aryl methyl sites for hydroxylation is 2. The van der Waals surface area contributed by atoms with Crippen LogP contribution in [0, 0.1) is 0 Å². The molecule has 2 aliphatic rings. The Morgan fingerprint density at radius 1 is 0.341 bits per heavy atom. The van der Waals surface area contributed by atoms with Crippen molar-refractivity contribution in [3.8, 4) is 22.3 Å². The van der Waals surface area contributed by atoms with Crippen molar-refractivity contribution < 1.29 is 8.83 Å². The molecule has 2 fully saturated rings. The van der Waals surface area contributed by atoms with Crippen LogP contribution in [0.15, 0.2) is 215 Å². The normalized spacial score (nSPS) is 14.3. The van der Waals surface area contributed by atoms with Crippen molar-refractivity contribution in [1.29, 1.82) is 0 Å². The molecule has 16 rings (SSSR count). The van der Waals surface area contributed by atoms with Gasteiger partial charge in [0.25, 0.3) is 0 Å². The van der Waals surface area contributed by atoms with E-state index in [1.54, 1.807) is 0 Å². The van der Waals surface area contributed by atoms with E-state index in [-0.39, 0.29) is 0 Å². The highest BCUT2D eigenvalue weighted by Crippen LogP contribution is 2.56. The molecule has 2 aliphatic carbocycles. The first kappa shape index (κ1) is 54.3. The van der Waals surface area contributed by atoms with E-state index in [1.165, 1.54) is 140 Å². The van der Waals surface area contributed by atoms with E-state index in [9.17, 15) is 0 Å². The maximum Gasteiger partial charge on any atom is 0.159 e. The quantitative estimate of drug-likeness (QED) is 0.102. The van der Waals surface area contributed by atoms with Crippen molar-refractivity contribution in [2.24, 2.45) is 0 Å². The van der Waals surface area contributed by atoms with Crippen LogP contribution in [0.4, 0.5) is 34.1 Å². The standard InChI is InChI=1S/C84H76N2O2/c1-7-53-23-13-15-33-61(53)65-35-19-37-67-69-39-21-41-75(83(69)87-81(65)67)85(59-31-17-29-57(47-59)51(3)4)77-49-73(55-25-9-10-26-55)63-44-46-72-78(50-74(56-27-11-12-28-56)64-43-45-71(77)79(63)80(64)72)86(60-32-18-30-58(48-60)52(5)6)76-42-22-40-70-68-38-20-36-66(82(68)88-84(70)76)62-34-16-14-24-54(62)8-2/h13-24,29-52,55-56H,7-12,25-28H2,1-6H3. The van der Waals surface area contributed by atoms with Gasteiger partial charge in [0.2, 0.25) is 0 Å². The number of hydrogen-bond acceptors (Lipinski definition) is 4. The Labute approximate surface area is 517 Å². The molecule has 0 spiro atoms. The Balaban J connectivity index is 1.01. The fourth-order valence-corrected chi connectivity index (χ4v) is 16.0. The molecule has 2 saturated carbocycles. The van der Waals surface area contributed by atoms with Crippen molar-refractivity contribution in [1.82, 2.24) is 0 Å². The summed E-state index contributed by atoms with van der Waals surface area (Å²) in [6, 6.07) is 78.6. The molecule has 2 heterocycles.